The van der Waals surface area contributed by atoms with Crippen molar-refractivity contribution in [2.24, 2.45) is 0 Å². The summed E-state index contributed by atoms with van der Waals surface area (Å²) in [5, 5.41) is 9.15. The monoisotopic (exact) mass is 147 g/mol. The smallest absolute Gasteiger partial charge is 0.208 e. The Morgan fingerprint density at radius 3 is 3.00 bits per heavy atom. The van der Waals surface area contributed by atoms with E-state index in [9.17, 15) is 4.79 Å². The van der Waals surface area contributed by atoms with Crippen molar-refractivity contribution in [2.75, 3.05) is 0 Å². The van der Waals surface area contributed by atoms with E-state index in [1.165, 1.54) is 12.3 Å². The first kappa shape index (κ1) is 6.09. The lowest BCUT2D eigenvalue weighted by molar-refractivity contribution is 0.104. The first-order valence-corrected chi connectivity index (χ1v) is 3.19. The first-order chi connectivity index (χ1) is 5.29. The van der Waals surface area contributed by atoms with E-state index in [0.29, 0.717) is 11.3 Å². The minimum atomic E-state index is -0.224. The minimum absolute atomic E-state index is 0.0121. The zero-order valence-corrected chi connectivity index (χ0v) is 5.61. The molecular weight excluding hydrogens is 142 g/mol. The Kier molecular flexibility index (Phi) is 1.06. The SMILES string of the molecule is O=C1C=C(O)c2cccnc21. The summed E-state index contributed by atoms with van der Waals surface area (Å²) in [6.45, 7) is 0. The van der Waals surface area contributed by atoms with Crippen LogP contribution in [0.2, 0.25) is 0 Å². The third kappa shape index (κ3) is 0.741. The Morgan fingerprint density at radius 2 is 2.27 bits per heavy atom. The standard InChI is InChI=1S/C8H5NO2/c10-6-4-7(11)8-5(6)2-1-3-9-8/h1-4,10H. The van der Waals surface area contributed by atoms with Crippen molar-refractivity contribution in [3.63, 3.8) is 0 Å². The van der Waals surface area contributed by atoms with Crippen LogP contribution in [0.3, 0.4) is 0 Å². The van der Waals surface area contributed by atoms with Crippen LogP contribution in [0.15, 0.2) is 24.4 Å². The van der Waals surface area contributed by atoms with Crippen molar-refractivity contribution in [1.82, 2.24) is 4.98 Å². The van der Waals surface area contributed by atoms with Gasteiger partial charge in [0, 0.05) is 17.8 Å². The van der Waals surface area contributed by atoms with Gasteiger partial charge in [0.15, 0.2) is 0 Å². The molecule has 3 nitrogen and oxygen atoms in total. The Hall–Kier alpha value is -1.64. The van der Waals surface area contributed by atoms with Crippen LogP contribution in [0, 0.1) is 0 Å². The summed E-state index contributed by atoms with van der Waals surface area (Å²) in [5.41, 5.74) is 0.863. The predicted molar refractivity (Wildman–Crippen MR) is 39.2 cm³/mol. The van der Waals surface area contributed by atoms with Gasteiger partial charge in [0.2, 0.25) is 5.78 Å². The maximum Gasteiger partial charge on any atom is 0.208 e. The number of aliphatic hydroxyl groups is 1. The minimum Gasteiger partial charge on any atom is -0.507 e. The van der Waals surface area contributed by atoms with Gasteiger partial charge in [0.05, 0.1) is 0 Å². The average molecular weight is 147 g/mol. The summed E-state index contributed by atoms with van der Waals surface area (Å²) < 4.78 is 0. The molecule has 0 aliphatic heterocycles. The Bertz CT molecular complexity index is 355. The second-order valence-corrected chi connectivity index (χ2v) is 2.29. The number of aromatic nitrogens is 1. The van der Waals surface area contributed by atoms with Gasteiger partial charge in [-0.05, 0) is 12.1 Å². The van der Waals surface area contributed by atoms with Crippen LogP contribution >= 0.6 is 0 Å². The number of nitrogens with zero attached hydrogens (tertiary/aromatic N) is 1. The van der Waals surface area contributed by atoms with Crippen LogP contribution in [-0.4, -0.2) is 15.9 Å². The van der Waals surface area contributed by atoms with Crippen LogP contribution in [-0.2, 0) is 0 Å². The van der Waals surface area contributed by atoms with Gasteiger partial charge in [-0.3, -0.25) is 9.78 Å². The third-order valence-corrected chi connectivity index (χ3v) is 1.58. The van der Waals surface area contributed by atoms with Crippen LogP contribution < -0.4 is 0 Å². The molecule has 11 heavy (non-hydrogen) atoms. The summed E-state index contributed by atoms with van der Waals surface area (Å²) in [6.07, 6.45) is 2.71. The van der Waals surface area contributed by atoms with Crippen molar-refractivity contribution >= 4 is 11.5 Å². The number of allylic oxidation sites excluding steroid dienone is 1. The van der Waals surface area contributed by atoms with Crippen LogP contribution in [0.25, 0.3) is 5.76 Å². The highest BCUT2D eigenvalue weighted by atomic mass is 16.3. The second-order valence-electron chi connectivity index (χ2n) is 2.29. The van der Waals surface area contributed by atoms with Gasteiger partial charge in [-0.2, -0.15) is 0 Å². The Morgan fingerprint density at radius 1 is 1.45 bits per heavy atom. The van der Waals surface area contributed by atoms with Gasteiger partial charge in [-0.25, -0.2) is 0 Å². The highest BCUT2D eigenvalue weighted by Gasteiger charge is 2.20. The molecule has 3 heteroatoms. The highest BCUT2D eigenvalue weighted by Crippen LogP contribution is 2.22. The molecule has 1 aromatic heterocycles. The number of hydrogen-bond acceptors (Lipinski definition) is 3. The molecule has 0 unspecified atom stereocenters. The molecule has 54 valence electrons. The summed E-state index contributed by atoms with van der Waals surface area (Å²) in [6, 6.07) is 3.35. The number of ketones is 1. The number of fused-ring (bicyclic) bond motifs is 1. The molecule has 0 spiro atoms. The van der Waals surface area contributed by atoms with Crippen molar-refractivity contribution < 1.29 is 9.90 Å². The van der Waals surface area contributed by atoms with E-state index in [-0.39, 0.29) is 11.5 Å². The average Bonchev–Trinajstić information content (AvgIpc) is 2.30. The van der Waals surface area contributed by atoms with Crippen LogP contribution in [0.5, 0.6) is 0 Å². The topological polar surface area (TPSA) is 50.2 Å². The van der Waals surface area contributed by atoms with Crippen molar-refractivity contribution in [3.05, 3.63) is 35.7 Å². The third-order valence-electron chi connectivity index (χ3n) is 1.58. The molecule has 0 atom stereocenters. The maximum absolute atomic E-state index is 11.0. The van der Waals surface area contributed by atoms with Crippen molar-refractivity contribution in [3.8, 4) is 0 Å². The zero-order chi connectivity index (χ0) is 7.84. The lowest BCUT2D eigenvalue weighted by atomic mass is 10.2. The molecule has 0 amide bonds. The Labute approximate surface area is 63.0 Å². The van der Waals surface area contributed by atoms with Crippen LogP contribution in [0.4, 0.5) is 0 Å². The molecule has 1 aromatic rings. The lowest BCUT2D eigenvalue weighted by Gasteiger charge is -1.94. The van der Waals surface area contributed by atoms with Crippen molar-refractivity contribution in [2.45, 2.75) is 0 Å². The molecular formula is C8H5NO2. The van der Waals surface area contributed by atoms with E-state index in [0.717, 1.165) is 0 Å². The van der Waals surface area contributed by atoms with Crippen LogP contribution in [0.1, 0.15) is 16.1 Å². The molecule has 0 aromatic carbocycles. The Balaban J connectivity index is 2.71. The normalized spacial score (nSPS) is 14.5. The molecule has 0 fully saturated rings. The largest absolute Gasteiger partial charge is 0.507 e. The summed E-state index contributed by atoms with van der Waals surface area (Å²) >= 11 is 0. The number of carbonyl (C=O) groups excluding carboxylic acids is 1. The van der Waals surface area contributed by atoms with E-state index in [1.54, 1.807) is 12.1 Å². The fraction of sp³-hybridized carbons (Fsp3) is 0. The molecule has 1 aliphatic rings. The number of rotatable bonds is 0. The molecule has 0 radical (unpaired) electrons. The predicted octanol–water partition coefficient (Wildman–Crippen LogP) is 1.18. The number of carbonyl (C=O) groups is 1. The fourth-order valence-electron chi connectivity index (χ4n) is 1.08. The molecule has 1 N–H and O–H groups in total. The molecule has 0 saturated carbocycles. The van der Waals surface area contributed by atoms with Gasteiger partial charge >= 0.3 is 0 Å². The summed E-state index contributed by atoms with van der Waals surface area (Å²) in [5.74, 6) is -0.212. The molecule has 0 bridgehead atoms. The fourth-order valence-corrected chi connectivity index (χ4v) is 1.08. The van der Waals surface area contributed by atoms with E-state index in [4.69, 9.17) is 5.11 Å². The van der Waals surface area contributed by atoms with E-state index in [1.807, 2.05) is 0 Å². The van der Waals surface area contributed by atoms with E-state index in [2.05, 4.69) is 4.98 Å². The van der Waals surface area contributed by atoms with Gasteiger partial charge < -0.3 is 5.11 Å². The summed E-state index contributed by atoms with van der Waals surface area (Å²) in [4.78, 5) is 14.8. The second kappa shape index (κ2) is 1.92. The number of hydrogen-bond donors (Lipinski definition) is 1. The van der Waals surface area contributed by atoms with E-state index >= 15 is 0 Å². The first-order valence-electron chi connectivity index (χ1n) is 3.19. The van der Waals surface area contributed by atoms with E-state index < -0.39 is 0 Å². The maximum atomic E-state index is 11.0. The van der Waals surface area contributed by atoms with Gasteiger partial charge in [-0.1, -0.05) is 0 Å². The number of pyridine rings is 1. The number of aliphatic hydroxyl groups excluding tert-OH is 1. The zero-order valence-electron chi connectivity index (χ0n) is 5.61. The molecule has 0 saturated heterocycles. The van der Waals surface area contributed by atoms with Crippen molar-refractivity contribution in [1.29, 1.82) is 0 Å². The highest BCUT2D eigenvalue weighted by molar-refractivity contribution is 6.13. The molecule has 2 rings (SSSR count). The molecule has 1 aliphatic carbocycles. The van der Waals surface area contributed by atoms with Gasteiger partial charge in [0.25, 0.3) is 0 Å². The lowest BCUT2D eigenvalue weighted by Crippen LogP contribution is -1.94. The van der Waals surface area contributed by atoms with Gasteiger partial charge in [0.1, 0.15) is 11.5 Å². The summed E-state index contributed by atoms with van der Waals surface area (Å²) in [7, 11) is 0. The molecule has 1 heterocycles. The van der Waals surface area contributed by atoms with Gasteiger partial charge in [-0.15, -0.1) is 0 Å². The quantitative estimate of drug-likeness (QED) is 0.599.